The molecule has 0 bridgehead atoms. The van der Waals surface area contributed by atoms with Crippen LogP contribution in [0.2, 0.25) is 0 Å². The lowest BCUT2D eigenvalue weighted by Crippen LogP contribution is -2.35. The van der Waals surface area contributed by atoms with Crippen LogP contribution in [0.15, 0.2) is 54.6 Å². The Morgan fingerprint density at radius 2 is 0.957 bits per heavy atom. The van der Waals surface area contributed by atoms with Gasteiger partial charge in [0.2, 0.25) is 11.4 Å². The largest absolute Gasteiger partial charge is 0.212 e. The first-order chi connectivity index (χ1) is 11.0. The predicted octanol–water partition coefficient (Wildman–Crippen LogP) is 3.59. The van der Waals surface area contributed by atoms with Gasteiger partial charge in [-0.2, -0.15) is 9.13 Å². The Hall–Kier alpha value is -2.48. The van der Waals surface area contributed by atoms with Crippen molar-refractivity contribution in [3.8, 4) is 22.5 Å². The summed E-state index contributed by atoms with van der Waals surface area (Å²) < 4.78 is 4.50. The van der Waals surface area contributed by atoms with Crippen molar-refractivity contribution in [3.63, 3.8) is 0 Å². The molecule has 0 N–H and O–H groups in total. The van der Waals surface area contributed by atoms with Crippen molar-refractivity contribution in [2.75, 3.05) is 0 Å². The molecule has 1 aromatic carbocycles. The molecular weight excluding hydrogens is 280 g/mol. The maximum atomic E-state index is 2.25. The van der Waals surface area contributed by atoms with Crippen LogP contribution in [0, 0.1) is 20.8 Å². The molecule has 23 heavy (non-hydrogen) atoms. The second-order valence-corrected chi connectivity index (χ2v) is 6.20. The van der Waals surface area contributed by atoms with Gasteiger partial charge in [-0.3, -0.25) is 0 Å². The fraction of sp³-hybridized carbons (Fsp3) is 0.238. The Morgan fingerprint density at radius 1 is 0.565 bits per heavy atom. The van der Waals surface area contributed by atoms with E-state index in [0.29, 0.717) is 0 Å². The fourth-order valence-electron chi connectivity index (χ4n) is 3.12. The summed E-state index contributed by atoms with van der Waals surface area (Å²) in [4.78, 5) is 0. The maximum Gasteiger partial charge on any atom is 0.212 e. The number of rotatable bonds is 2. The van der Waals surface area contributed by atoms with Crippen LogP contribution in [0.25, 0.3) is 22.5 Å². The van der Waals surface area contributed by atoms with E-state index in [1.54, 1.807) is 0 Å². The van der Waals surface area contributed by atoms with E-state index < -0.39 is 0 Å². The molecule has 0 spiro atoms. The number of hydrogen-bond acceptors (Lipinski definition) is 0. The van der Waals surface area contributed by atoms with Crippen LogP contribution in [0.3, 0.4) is 0 Å². The Bertz CT molecular complexity index is 809. The van der Waals surface area contributed by atoms with Crippen molar-refractivity contribution in [3.05, 3.63) is 71.5 Å². The molecule has 0 radical (unpaired) electrons. The number of nitrogens with zero attached hydrogens (tertiary/aromatic N) is 2. The maximum absolute atomic E-state index is 2.25. The molecule has 2 heteroatoms. The fourth-order valence-corrected chi connectivity index (χ4v) is 3.12. The summed E-state index contributed by atoms with van der Waals surface area (Å²) in [5.74, 6) is 0. The van der Waals surface area contributed by atoms with Crippen molar-refractivity contribution in [1.29, 1.82) is 0 Å². The van der Waals surface area contributed by atoms with Crippen molar-refractivity contribution >= 4 is 0 Å². The number of benzene rings is 1. The van der Waals surface area contributed by atoms with Gasteiger partial charge in [0.25, 0.3) is 0 Å². The molecule has 0 fully saturated rings. The van der Waals surface area contributed by atoms with E-state index in [1.807, 2.05) is 0 Å². The summed E-state index contributed by atoms with van der Waals surface area (Å²) in [7, 11) is 4.26. The Balaban J connectivity index is 2.24. The Labute approximate surface area is 138 Å². The third-order valence-corrected chi connectivity index (χ3v) is 4.85. The normalized spacial score (nSPS) is 10.8. The van der Waals surface area contributed by atoms with E-state index in [2.05, 4.69) is 98.6 Å². The first-order valence-corrected chi connectivity index (χ1v) is 8.02. The van der Waals surface area contributed by atoms with Crippen molar-refractivity contribution in [2.24, 2.45) is 14.1 Å². The van der Waals surface area contributed by atoms with Crippen LogP contribution in [0.1, 0.15) is 17.0 Å². The number of aromatic nitrogens is 2. The quantitative estimate of drug-likeness (QED) is 0.639. The minimum atomic E-state index is 1.25. The molecule has 0 aliphatic rings. The van der Waals surface area contributed by atoms with Gasteiger partial charge < -0.3 is 0 Å². The molecule has 0 amide bonds. The van der Waals surface area contributed by atoms with Gasteiger partial charge in [-0.25, -0.2) is 0 Å². The molecule has 0 saturated heterocycles. The molecule has 2 aromatic heterocycles. The predicted molar refractivity (Wildman–Crippen MR) is 93.9 cm³/mol. The van der Waals surface area contributed by atoms with Gasteiger partial charge in [-0.05, 0) is 36.8 Å². The highest BCUT2D eigenvalue weighted by Gasteiger charge is 2.19. The van der Waals surface area contributed by atoms with Crippen LogP contribution in [-0.2, 0) is 14.1 Å². The van der Waals surface area contributed by atoms with Crippen molar-refractivity contribution in [1.82, 2.24) is 0 Å². The zero-order chi connectivity index (χ0) is 16.6. The van der Waals surface area contributed by atoms with Crippen LogP contribution in [0.5, 0.6) is 0 Å². The van der Waals surface area contributed by atoms with E-state index >= 15 is 0 Å². The number of aryl methyl sites for hydroxylation is 2. The highest BCUT2D eigenvalue weighted by Crippen LogP contribution is 2.28. The lowest BCUT2D eigenvalue weighted by atomic mass is 9.96. The SMILES string of the molecule is Cc1c(-c2cccc(C)[n+]2C)cccc1-c1cccc(C)[n+]1C. The molecule has 0 aliphatic heterocycles. The highest BCUT2D eigenvalue weighted by atomic mass is 14.9. The second kappa shape index (κ2) is 5.96. The van der Waals surface area contributed by atoms with Gasteiger partial charge in [0.05, 0.1) is 0 Å². The van der Waals surface area contributed by atoms with Crippen molar-refractivity contribution < 1.29 is 9.13 Å². The molecule has 3 aromatic rings. The summed E-state index contributed by atoms with van der Waals surface area (Å²) >= 11 is 0. The van der Waals surface area contributed by atoms with E-state index in [1.165, 1.54) is 39.5 Å². The summed E-state index contributed by atoms with van der Waals surface area (Å²) in [5, 5.41) is 0. The number of hydrogen-bond donors (Lipinski definition) is 0. The minimum Gasteiger partial charge on any atom is -0.199 e. The van der Waals surface area contributed by atoms with E-state index in [9.17, 15) is 0 Å². The van der Waals surface area contributed by atoms with Gasteiger partial charge in [-0.15, -0.1) is 0 Å². The van der Waals surface area contributed by atoms with Crippen LogP contribution < -0.4 is 9.13 Å². The van der Waals surface area contributed by atoms with Gasteiger partial charge in [0.1, 0.15) is 14.1 Å². The third kappa shape index (κ3) is 2.65. The van der Waals surface area contributed by atoms with Gasteiger partial charge >= 0.3 is 0 Å². The third-order valence-electron chi connectivity index (χ3n) is 4.85. The topological polar surface area (TPSA) is 7.76 Å². The standard InChI is InChI=1S/C21H24N2/c1-15-9-6-13-20(22(15)4)18-11-8-12-19(17(18)3)21-14-7-10-16(2)23(21)5/h6-14H,1-5H3/q+2. The van der Waals surface area contributed by atoms with E-state index in [-0.39, 0.29) is 0 Å². The van der Waals surface area contributed by atoms with Gasteiger partial charge in [-0.1, -0.05) is 6.07 Å². The summed E-state index contributed by atoms with van der Waals surface area (Å²) in [6, 6.07) is 19.5. The van der Waals surface area contributed by atoms with Crippen molar-refractivity contribution in [2.45, 2.75) is 20.8 Å². The molecule has 0 aliphatic carbocycles. The minimum absolute atomic E-state index is 1.25. The van der Waals surface area contributed by atoms with E-state index in [4.69, 9.17) is 0 Å². The first kappa shape index (κ1) is 15.4. The Kier molecular flexibility index (Phi) is 3.99. The van der Waals surface area contributed by atoms with Gasteiger partial charge in [0.15, 0.2) is 11.4 Å². The zero-order valence-electron chi connectivity index (χ0n) is 14.6. The summed E-state index contributed by atoms with van der Waals surface area (Å²) in [5.41, 5.74) is 8.90. The average molecular weight is 304 g/mol. The molecule has 0 atom stereocenters. The Morgan fingerprint density at radius 3 is 1.39 bits per heavy atom. The number of pyridine rings is 2. The smallest absolute Gasteiger partial charge is 0.199 e. The summed E-state index contributed by atoms with van der Waals surface area (Å²) in [6.07, 6.45) is 0. The monoisotopic (exact) mass is 304 g/mol. The first-order valence-electron chi connectivity index (χ1n) is 8.02. The zero-order valence-corrected chi connectivity index (χ0v) is 14.6. The molecule has 0 unspecified atom stereocenters. The highest BCUT2D eigenvalue weighted by molar-refractivity contribution is 5.73. The lowest BCUT2D eigenvalue weighted by molar-refractivity contribution is -0.666. The summed E-state index contributed by atoms with van der Waals surface area (Å²) in [6.45, 7) is 6.50. The second-order valence-electron chi connectivity index (χ2n) is 6.20. The lowest BCUT2D eigenvalue weighted by Gasteiger charge is -2.10. The molecule has 3 rings (SSSR count). The van der Waals surface area contributed by atoms with E-state index in [0.717, 1.165) is 0 Å². The molecular formula is C21H24N2+2. The van der Waals surface area contributed by atoms with Gasteiger partial charge in [0, 0.05) is 49.2 Å². The van der Waals surface area contributed by atoms with Crippen LogP contribution in [0.4, 0.5) is 0 Å². The average Bonchev–Trinajstić information content (AvgIpc) is 2.54. The molecule has 0 saturated carbocycles. The molecule has 2 nitrogen and oxygen atoms in total. The molecule has 116 valence electrons. The molecule has 2 heterocycles. The van der Waals surface area contributed by atoms with Crippen LogP contribution >= 0.6 is 0 Å². The van der Waals surface area contributed by atoms with Crippen LogP contribution in [-0.4, -0.2) is 0 Å².